The SMILES string of the molecule is Cc1ccc(C(=O)NCCNc2ccc(C(F)(F)F)cc2[N+](=O)[O-])c(C)c1. The number of hydrogen-bond acceptors (Lipinski definition) is 4. The fourth-order valence-corrected chi connectivity index (χ4v) is 2.55. The molecule has 1 amide bonds. The first kappa shape index (κ1) is 20.2. The molecule has 27 heavy (non-hydrogen) atoms. The fourth-order valence-electron chi connectivity index (χ4n) is 2.55. The Hall–Kier alpha value is -3.10. The van der Waals surface area contributed by atoms with Crippen molar-refractivity contribution in [1.29, 1.82) is 0 Å². The lowest BCUT2D eigenvalue weighted by molar-refractivity contribution is -0.384. The maximum atomic E-state index is 12.7. The van der Waals surface area contributed by atoms with Gasteiger partial charge in [0, 0.05) is 24.7 Å². The lowest BCUT2D eigenvalue weighted by atomic mass is 10.1. The topological polar surface area (TPSA) is 84.3 Å². The summed E-state index contributed by atoms with van der Waals surface area (Å²) in [6, 6.07) is 7.64. The minimum atomic E-state index is -4.66. The van der Waals surface area contributed by atoms with Crippen LogP contribution in [0.5, 0.6) is 0 Å². The van der Waals surface area contributed by atoms with Gasteiger partial charge in [0.15, 0.2) is 0 Å². The van der Waals surface area contributed by atoms with Gasteiger partial charge >= 0.3 is 6.18 Å². The van der Waals surface area contributed by atoms with Crippen LogP contribution in [0.4, 0.5) is 24.5 Å². The molecule has 0 aliphatic heterocycles. The van der Waals surface area contributed by atoms with Crippen LogP contribution < -0.4 is 10.6 Å². The van der Waals surface area contributed by atoms with Gasteiger partial charge in [-0.15, -0.1) is 0 Å². The summed E-state index contributed by atoms with van der Waals surface area (Å²) in [5, 5.41) is 16.4. The number of carbonyl (C=O) groups excluding carboxylic acids is 1. The number of nitrogens with one attached hydrogen (secondary N) is 2. The van der Waals surface area contributed by atoms with Gasteiger partial charge in [-0.25, -0.2) is 0 Å². The number of nitro groups is 1. The van der Waals surface area contributed by atoms with Crippen molar-refractivity contribution in [2.75, 3.05) is 18.4 Å². The van der Waals surface area contributed by atoms with Crippen molar-refractivity contribution in [3.05, 3.63) is 68.8 Å². The molecule has 2 aromatic carbocycles. The van der Waals surface area contributed by atoms with Crippen molar-refractivity contribution in [3.8, 4) is 0 Å². The minimum absolute atomic E-state index is 0.0474. The first-order valence-electron chi connectivity index (χ1n) is 8.04. The number of rotatable bonds is 6. The first-order valence-corrected chi connectivity index (χ1v) is 8.04. The zero-order valence-electron chi connectivity index (χ0n) is 14.7. The van der Waals surface area contributed by atoms with Gasteiger partial charge in [0.1, 0.15) is 5.69 Å². The molecule has 2 rings (SSSR count). The quantitative estimate of drug-likeness (QED) is 0.449. The summed E-state index contributed by atoms with van der Waals surface area (Å²) in [6.45, 7) is 3.98. The van der Waals surface area contributed by atoms with Crippen LogP contribution in [0.2, 0.25) is 0 Å². The van der Waals surface area contributed by atoms with Gasteiger partial charge in [-0.1, -0.05) is 17.7 Å². The summed E-state index contributed by atoms with van der Waals surface area (Å²) >= 11 is 0. The van der Waals surface area contributed by atoms with Gasteiger partial charge in [0.05, 0.1) is 10.5 Å². The molecule has 0 aliphatic carbocycles. The Morgan fingerprint density at radius 1 is 1.11 bits per heavy atom. The number of nitro benzene ring substituents is 1. The van der Waals surface area contributed by atoms with Crippen LogP contribution in [0.1, 0.15) is 27.0 Å². The Balaban J connectivity index is 1.98. The number of nitrogens with zero attached hydrogens (tertiary/aromatic N) is 1. The molecule has 6 nitrogen and oxygen atoms in total. The van der Waals surface area contributed by atoms with Gasteiger partial charge in [-0.05, 0) is 37.6 Å². The van der Waals surface area contributed by atoms with E-state index < -0.39 is 22.4 Å². The standard InChI is InChI=1S/C18H18F3N3O3/c1-11-3-5-14(12(2)9-11)17(25)23-8-7-22-15-6-4-13(18(19,20)21)10-16(15)24(26)27/h3-6,9-10,22H,7-8H2,1-2H3,(H,23,25). The van der Waals surface area contributed by atoms with E-state index in [0.29, 0.717) is 11.6 Å². The van der Waals surface area contributed by atoms with E-state index >= 15 is 0 Å². The maximum absolute atomic E-state index is 12.7. The van der Waals surface area contributed by atoms with Crippen molar-refractivity contribution in [1.82, 2.24) is 5.32 Å². The predicted molar refractivity (Wildman–Crippen MR) is 94.8 cm³/mol. The molecular weight excluding hydrogens is 363 g/mol. The molecule has 0 radical (unpaired) electrons. The van der Waals surface area contributed by atoms with Gasteiger partial charge in [-0.2, -0.15) is 13.2 Å². The van der Waals surface area contributed by atoms with E-state index in [2.05, 4.69) is 10.6 Å². The van der Waals surface area contributed by atoms with Crippen molar-refractivity contribution >= 4 is 17.3 Å². The summed E-state index contributed by atoms with van der Waals surface area (Å²) in [5.41, 5.74) is 0.544. The summed E-state index contributed by atoms with van der Waals surface area (Å²) in [6.07, 6.45) is -4.66. The van der Waals surface area contributed by atoms with E-state index in [4.69, 9.17) is 0 Å². The van der Waals surface area contributed by atoms with E-state index in [-0.39, 0.29) is 24.7 Å². The monoisotopic (exact) mass is 381 g/mol. The van der Waals surface area contributed by atoms with Crippen LogP contribution in [0.25, 0.3) is 0 Å². The molecular formula is C18H18F3N3O3. The highest BCUT2D eigenvalue weighted by Crippen LogP contribution is 2.34. The molecule has 0 bridgehead atoms. The molecule has 2 aromatic rings. The average molecular weight is 381 g/mol. The van der Waals surface area contributed by atoms with Gasteiger partial charge in [-0.3, -0.25) is 14.9 Å². The molecule has 2 N–H and O–H groups in total. The van der Waals surface area contributed by atoms with Crippen LogP contribution in [0.15, 0.2) is 36.4 Å². The summed E-state index contributed by atoms with van der Waals surface area (Å²) in [4.78, 5) is 22.3. The van der Waals surface area contributed by atoms with Crippen molar-refractivity contribution < 1.29 is 22.9 Å². The molecule has 144 valence electrons. The number of hydrogen-bond donors (Lipinski definition) is 2. The van der Waals surface area contributed by atoms with Crippen molar-refractivity contribution in [3.63, 3.8) is 0 Å². The number of alkyl halides is 3. The second-order valence-corrected chi connectivity index (χ2v) is 5.99. The smallest absolute Gasteiger partial charge is 0.378 e. The number of anilines is 1. The maximum Gasteiger partial charge on any atom is 0.416 e. The highest BCUT2D eigenvalue weighted by Gasteiger charge is 2.33. The molecule has 0 aromatic heterocycles. The molecule has 0 saturated heterocycles. The Labute approximate surface area is 153 Å². The summed E-state index contributed by atoms with van der Waals surface area (Å²) in [7, 11) is 0. The lowest BCUT2D eigenvalue weighted by Crippen LogP contribution is -2.29. The van der Waals surface area contributed by atoms with Crippen LogP contribution in [-0.2, 0) is 6.18 Å². The Morgan fingerprint density at radius 2 is 1.81 bits per heavy atom. The number of amides is 1. The molecule has 0 heterocycles. The molecule has 0 fully saturated rings. The highest BCUT2D eigenvalue weighted by molar-refractivity contribution is 5.95. The average Bonchev–Trinajstić information content (AvgIpc) is 2.57. The van der Waals surface area contributed by atoms with Crippen LogP contribution in [0, 0.1) is 24.0 Å². The number of aryl methyl sites for hydroxylation is 2. The van der Waals surface area contributed by atoms with E-state index in [9.17, 15) is 28.1 Å². The molecule has 9 heteroatoms. The Bertz CT molecular complexity index is 867. The van der Waals surface area contributed by atoms with Crippen LogP contribution in [-0.4, -0.2) is 23.9 Å². The zero-order chi connectivity index (χ0) is 20.2. The molecule has 0 atom stereocenters. The van der Waals surface area contributed by atoms with E-state index in [1.54, 1.807) is 6.07 Å². The third kappa shape index (κ3) is 5.19. The zero-order valence-corrected chi connectivity index (χ0v) is 14.7. The van der Waals surface area contributed by atoms with Crippen molar-refractivity contribution in [2.45, 2.75) is 20.0 Å². The second-order valence-electron chi connectivity index (χ2n) is 5.99. The lowest BCUT2D eigenvalue weighted by Gasteiger charge is -2.12. The molecule has 0 spiro atoms. The predicted octanol–water partition coefficient (Wildman–Crippen LogP) is 4.07. The number of halogens is 3. The molecule has 0 aliphatic rings. The van der Waals surface area contributed by atoms with E-state index in [1.165, 1.54) is 0 Å². The largest absolute Gasteiger partial charge is 0.416 e. The number of benzene rings is 2. The van der Waals surface area contributed by atoms with Gasteiger partial charge in [0.25, 0.3) is 11.6 Å². The van der Waals surface area contributed by atoms with E-state index in [0.717, 1.165) is 23.3 Å². The number of carbonyl (C=O) groups is 1. The summed E-state index contributed by atoms with van der Waals surface area (Å²) < 4.78 is 38.1. The third-order valence-corrected chi connectivity index (χ3v) is 3.87. The molecule has 0 unspecified atom stereocenters. The fraction of sp³-hybridized carbons (Fsp3) is 0.278. The first-order chi connectivity index (χ1) is 12.6. The second kappa shape index (κ2) is 8.07. The normalized spacial score (nSPS) is 11.1. The minimum Gasteiger partial charge on any atom is -0.378 e. The summed E-state index contributed by atoms with van der Waals surface area (Å²) in [5.74, 6) is -0.295. The Kier molecular flexibility index (Phi) is 6.04. The van der Waals surface area contributed by atoms with Gasteiger partial charge in [0.2, 0.25) is 0 Å². The molecule has 0 saturated carbocycles. The van der Waals surface area contributed by atoms with Gasteiger partial charge < -0.3 is 10.6 Å². The third-order valence-electron chi connectivity index (χ3n) is 3.87. The van der Waals surface area contributed by atoms with Crippen molar-refractivity contribution in [2.24, 2.45) is 0 Å². The van der Waals surface area contributed by atoms with Crippen LogP contribution >= 0.6 is 0 Å². The Morgan fingerprint density at radius 3 is 2.41 bits per heavy atom. The highest BCUT2D eigenvalue weighted by atomic mass is 19.4. The van der Waals surface area contributed by atoms with E-state index in [1.807, 2.05) is 26.0 Å². The van der Waals surface area contributed by atoms with Crippen LogP contribution in [0.3, 0.4) is 0 Å².